The van der Waals surface area contributed by atoms with Crippen LogP contribution in [0.4, 0.5) is 0 Å². The topological polar surface area (TPSA) is 61.6 Å². The maximum atomic E-state index is 12.3. The van der Waals surface area contributed by atoms with Crippen LogP contribution in [0, 0.1) is 6.92 Å². The third kappa shape index (κ3) is 3.50. The molecule has 6 heteroatoms. The van der Waals surface area contributed by atoms with Crippen LogP contribution in [-0.4, -0.2) is 18.2 Å². The summed E-state index contributed by atoms with van der Waals surface area (Å²) in [5, 5.41) is 3.85. The van der Waals surface area contributed by atoms with E-state index in [4.69, 9.17) is 14.0 Å². The van der Waals surface area contributed by atoms with Crippen LogP contribution in [-0.2, 0) is 11.3 Å². The molecule has 0 amide bonds. The highest BCUT2D eigenvalue weighted by atomic mass is 79.9. The summed E-state index contributed by atoms with van der Waals surface area (Å²) in [6, 6.07) is 5.52. The quantitative estimate of drug-likeness (QED) is 0.739. The predicted octanol–water partition coefficient (Wildman–Crippen LogP) is 4.23. The van der Waals surface area contributed by atoms with Crippen molar-refractivity contribution in [2.24, 2.45) is 0 Å². The molecule has 0 radical (unpaired) electrons. The van der Waals surface area contributed by atoms with Gasteiger partial charge < -0.3 is 14.0 Å². The second-order valence-electron chi connectivity index (χ2n) is 5.21. The molecule has 1 heterocycles. The fourth-order valence-electron chi connectivity index (χ4n) is 2.05. The minimum Gasteiger partial charge on any atom is -0.496 e. The second-order valence-corrected chi connectivity index (χ2v) is 6.06. The predicted molar refractivity (Wildman–Crippen MR) is 85.1 cm³/mol. The average molecular weight is 368 g/mol. The van der Waals surface area contributed by atoms with Crippen molar-refractivity contribution in [3.8, 4) is 5.75 Å². The molecule has 0 spiro atoms. The number of ether oxygens (including phenoxy) is 2. The first-order chi connectivity index (χ1) is 10.4. The monoisotopic (exact) mass is 367 g/mol. The Kier molecular flexibility index (Phi) is 5.24. The number of esters is 1. The number of rotatable bonds is 5. The Morgan fingerprint density at radius 2 is 2.14 bits per heavy atom. The number of carbonyl (C=O) groups is 1. The maximum Gasteiger partial charge on any atom is 0.344 e. The molecule has 0 atom stereocenters. The lowest BCUT2D eigenvalue weighted by Gasteiger charge is -2.08. The number of hydrogen-bond acceptors (Lipinski definition) is 5. The molecule has 0 saturated carbocycles. The average Bonchev–Trinajstić information content (AvgIpc) is 2.87. The smallest absolute Gasteiger partial charge is 0.344 e. The van der Waals surface area contributed by atoms with Crippen LogP contribution >= 0.6 is 15.9 Å². The Balaban J connectivity index is 2.10. The Labute approximate surface area is 137 Å². The molecule has 0 bridgehead atoms. The van der Waals surface area contributed by atoms with Crippen molar-refractivity contribution >= 4 is 21.9 Å². The Hall–Kier alpha value is -1.82. The van der Waals surface area contributed by atoms with E-state index in [1.165, 1.54) is 0 Å². The van der Waals surface area contributed by atoms with Gasteiger partial charge in [0.25, 0.3) is 0 Å². The van der Waals surface area contributed by atoms with Gasteiger partial charge in [-0.05, 0) is 40.5 Å². The van der Waals surface area contributed by atoms with Crippen molar-refractivity contribution < 1.29 is 18.8 Å². The van der Waals surface area contributed by atoms with E-state index in [2.05, 4.69) is 21.1 Å². The Bertz CT molecular complexity index is 679. The molecule has 0 unspecified atom stereocenters. The number of benzene rings is 1. The van der Waals surface area contributed by atoms with Gasteiger partial charge in [-0.1, -0.05) is 25.1 Å². The maximum absolute atomic E-state index is 12.3. The van der Waals surface area contributed by atoms with Crippen molar-refractivity contribution in [2.45, 2.75) is 33.3 Å². The summed E-state index contributed by atoms with van der Waals surface area (Å²) < 4.78 is 16.6. The normalized spacial score (nSPS) is 10.8. The third-order valence-electron chi connectivity index (χ3n) is 3.20. The standard InChI is InChI=1S/C16H18BrNO4/c1-9(2)15-14(10(3)18-22-15)16(19)21-8-11-5-6-13(20-4)12(17)7-11/h5-7,9H,8H2,1-4H3. The molecular formula is C16H18BrNO4. The van der Waals surface area contributed by atoms with Crippen LogP contribution in [0.3, 0.4) is 0 Å². The van der Waals surface area contributed by atoms with Crippen LogP contribution in [0.2, 0.25) is 0 Å². The summed E-state index contributed by atoms with van der Waals surface area (Å²) in [6.45, 7) is 5.79. The molecular weight excluding hydrogens is 350 g/mol. The summed E-state index contributed by atoms with van der Waals surface area (Å²) in [4.78, 5) is 12.3. The molecule has 5 nitrogen and oxygen atoms in total. The number of hydrogen-bond donors (Lipinski definition) is 0. The highest BCUT2D eigenvalue weighted by Crippen LogP contribution is 2.27. The zero-order valence-corrected chi connectivity index (χ0v) is 14.6. The number of methoxy groups -OCH3 is 1. The van der Waals surface area contributed by atoms with E-state index < -0.39 is 5.97 Å². The minimum atomic E-state index is -0.422. The van der Waals surface area contributed by atoms with Gasteiger partial charge in [-0.25, -0.2) is 4.79 Å². The van der Waals surface area contributed by atoms with Gasteiger partial charge in [0.15, 0.2) is 5.76 Å². The molecule has 2 aromatic rings. The molecule has 0 aliphatic carbocycles. The molecule has 0 aliphatic rings. The lowest BCUT2D eigenvalue weighted by atomic mass is 10.1. The third-order valence-corrected chi connectivity index (χ3v) is 3.82. The lowest BCUT2D eigenvalue weighted by Crippen LogP contribution is -2.09. The zero-order valence-electron chi connectivity index (χ0n) is 13.0. The first-order valence-corrected chi connectivity index (χ1v) is 7.69. The zero-order chi connectivity index (χ0) is 16.3. The van der Waals surface area contributed by atoms with E-state index in [0.717, 1.165) is 15.8 Å². The van der Waals surface area contributed by atoms with Gasteiger partial charge in [-0.2, -0.15) is 0 Å². The molecule has 0 saturated heterocycles. The summed E-state index contributed by atoms with van der Waals surface area (Å²) in [5.41, 5.74) is 1.83. The van der Waals surface area contributed by atoms with Gasteiger partial charge in [-0.3, -0.25) is 0 Å². The molecule has 0 aliphatic heterocycles. The van der Waals surface area contributed by atoms with E-state index in [0.29, 0.717) is 17.0 Å². The lowest BCUT2D eigenvalue weighted by molar-refractivity contribution is 0.0468. The number of nitrogens with zero attached hydrogens (tertiary/aromatic N) is 1. The summed E-state index contributed by atoms with van der Waals surface area (Å²) in [5.74, 6) is 0.929. The van der Waals surface area contributed by atoms with Crippen molar-refractivity contribution in [3.05, 3.63) is 45.3 Å². The van der Waals surface area contributed by atoms with Gasteiger partial charge in [-0.15, -0.1) is 0 Å². The van der Waals surface area contributed by atoms with Crippen LogP contribution in [0.1, 0.15) is 47.1 Å². The molecule has 0 fully saturated rings. The van der Waals surface area contributed by atoms with Crippen LogP contribution in [0.5, 0.6) is 5.75 Å². The van der Waals surface area contributed by atoms with E-state index >= 15 is 0 Å². The summed E-state index contributed by atoms with van der Waals surface area (Å²) in [6.07, 6.45) is 0. The van der Waals surface area contributed by atoms with Crippen molar-refractivity contribution in [2.75, 3.05) is 7.11 Å². The van der Waals surface area contributed by atoms with Gasteiger partial charge in [0, 0.05) is 5.92 Å². The van der Waals surface area contributed by atoms with E-state index in [1.54, 1.807) is 14.0 Å². The Morgan fingerprint density at radius 3 is 2.73 bits per heavy atom. The van der Waals surface area contributed by atoms with Crippen LogP contribution in [0.25, 0.3) is 0 Å². The Morgan fingerprint density at radius 1 is 1.41 bits per heavy atom. The van der Waals surface area contributed by atoms with Gasteiger partial charge >= 0.3 is 5.97 Å². The van der Waals surface area contributed by atoms with Gasteiger partial charge in [0.1, 0.15) is 17.9 Å². The highest BCUT2D eigenvalue weighted by molar-refractivity contribution is 9.10. The minimum absolute atomic E-state index is 0.0684. The number of aryl methyl sites for hydroxylation is 1. The van der Waals surface area contributed by atoms with Crippen molar-refractivity contribution in [3.63, 3.8) is 0 Å². The highest BCUT2D eigenvalue weighted by Gasteiger charge is 2.23. The van der Waals surface area contributed by atoms with Crippen molar-refractivity contribution in [1.29, 1.82) is 0 Å². The molecule has 2 rings (SSSR count). The SMILES string of the molecule is COc1ccc(COC(=O)c2c(C)noc2C(C)C)cc1Br. The fourth-order valence-corrected chi connectivity index (χ4v) is 2.64. The molecule has 22 heavy (non-hydrogen) atoms. The van der Waals surface area contributed by atoms with Crippen LogP contribution < -0.4 is 4.74 Å². The first kappa shape index (κ1) is 16.5. The largest absolute Gasteiger partial charge is 0.496 e. The first-order valence-electron chi connectivity index (χ1n) is 6.89. The van der Waals surface area contributed by atoms with E-state index in [9.17, 15) is 4.79 Å². The molecule has 1 aromatic carbocycles. The number of aromatic nitrogens is 1. The fraction of sp³-hybridized carbons (Fsp3) is 0.375. The van der Waals surface area contributed by atoms with E-state index in [1.807, 2.05) is 32.0 Å². The summed E-state index contributed by atoms with van der Waals surface area (Å²) >= 11 is 3.40. The molecule has 0 N–H and O–H groups in total. The summed E-state index contributed by atoms with van der Waals surface area (Å²) in [7, 11) is 1.60. The van der Waals surface area contributed by atoms with Gasteiger partial charge in [0.2, 0.25) is 0 Å². The number of carbonyl (C=O) groups excluding carboxylic acids is 1. The molecule has 118 valence electrons. The second kappa shape index (κ2) is 6.96. The van der Waals surface area contributed by atoms with E-state index in [-0.39, 0.29) is 12.5 Å². The molecule has 1 aromatic heterocycles. The number of halogens is 1. The van der Waals surface area contributed by atoms with Gasteiger partial charge in [0.05, 0.1) is 17.3 Å². The van der Waals surface area contributed by atoms with Crippen LogP contribution in [0.15, 0.2) is 27.2 Å². The van der Waals surface area contributed by atoms with Crippen molar-refractivity contribution in [1.82, 2.24) is 5.16 Å².